The fourth-order valence-electron chi connectivity index (χ4n) is 2.30. The molecule has 0 amide bonds. The number of aromatic nitrogens is 2. The first-order valence-corrected chi connectivity index (χ1v) is 7.13. The van der Waals surface area contributed by atoms with Crippen LogP contribution in [0, 0.1) is 5.82 Å². The first-order valence-electron chi connectivity index (χ1n) is 7.13. The molecule has 4 rings (SSSR count). The second-order valence-corrected chi connectivity index (χ2v) is 5.05. The minimum absolute atomic E-state index is 0.141. The van der Waals surface area contributed by atoms with Crippen LogP contribution in [-0.2, 0) is 0 Å². The summed E-state index contributed by atoms with van der Waals surface area (Å²) in [5.74, 6) is 0.598. The molecule has 0 aliphatic carbocycles. The van der Waals surface area contributed by atoms with Crippen LogP contribution < -0.4 is 0 Å². The molecule has 6 nitrogen and oxygen atoms in total. The van der Waals surface area contributed by atoms with Crippen LogP contribution in [0.15, 0.2) is 75.6 Å². The highest BCUT2D eigenvalue weighted by Crippen LogP contribution is 2.32. The van der Waals surface area contributed by atoms with Gasteiger partial charge in [-0.15, -0.1) is 10.2 Å². The number of hydrogen-bond donors (Lipinski definition) is 1. The molecule has 0 unspecified atom stereocenters. The van der Waals surface area contributed by atoms with Crippen molar-refractivity contribution in [1.82, 2.24) is 9.38 Å². The van der Waals surface area contributed by atoms with Gasteiger partial charge in [0.1, 0.15) is 17.2 Å². The monoisotopic (exact) mass is 322 g/mol. The Morgan fingerprint density at radius 3 is 2.62 bits per heavy atom. The van der Waals surface area contributed by atoms with Gasteiger partial charge in [-0.1, -0.05) is 0 Å². The Kier molecular flexibility index (Phi) is 3.31. The number of pyridine rings is 1. The van der Waals surface area contributed by atoms with Crippen molar-refractivity contribution in [2.45, 2.75) is 0 Å². The molecule has 0 spiro atoms. The van der Waals surface area contributed by atoms with Crippen LogP contribution in [0.25, 0.3) is 17.1 Å². The summed E-state index contributed by atoms with van der Waals surface area (Å²) in [5.41, 5.74) is 1.54. The molecule has 1 aromatic carbocycles. The second kappa shape index (κ2) is 5.62. The topological polar surface area (TPSA) is 75.4 Å². The molecule has 24 heavy (non-hydrogen) atoms. The Morgan fingerprint density at radius 2 is 1.88 bits per heavy atom. The number of nitrogens with zero attached hydrogens (tertiary/aromatic N) is 4. The van der Waals surface area contributed by atoms with E-state index in [1.54, 1.807) is 30.3 Å². The van der Waals surface area contributed by atoms with Gasteiger partial charge >= 0.3 is 0 Å². The maximum Gasteiger partial charge on any atom is 0.190 e. The zero-order valence-electron chi connectivity index (χ0n) is 12.3. The van der Waals surface area contributed by atoms with Crippen molar-refractivity contribution in [3.8, 4) is 17.2 Å². The lowest BCUT2D eigenvalue weighted by Crippen LogP contribution is -1.85. The summed E-state index contributed by atoms with van der Waals surface area (Å²) < 4.78 is 20.5. The van der Waals surface area contributed by atoms with Gasteiger partial charge < -0.3 is 9.52 Å². The highest BCUT2D eigenvalue weighted by molar-refractivity contribution is 5.71. The molecule has 0 radical (unpaired) electrons. The van der Waals surface area contributed by atoms with Crippen LogP contribution in [0.4, 0.5) is 15.9 Å². The molecule has 0 fully saturated rings. The normalized spacial score (nSPS) is 11.5. The van der Waals surface area contributed by atoms with Gasteiger partial charge in [0.05, 0.1) is 12.0 Å². The summed E-state index contributed by atoms with van der Waals surface area (Å²) in [7, 11) is 0. The molecule has 0 aliphatic rings. The summed E-state index contributed by atoms with van der Waals surface area (Å²) in [5, 5.41) is 17.6. The lowest BCUT2D eigenvalue weighted by atomic mass is 10.3. The summed E-state index contributed by atoms with van der Waals surface area (Å²) in [4.78, 5) is 4.43. The third-order valence-electron chi connectivity index (χ3n) is 3.42. The molecule has 0 saturated heterocycles. The number of halogens is 1. The van der Waals surface area contributed by atoms with Crippen LogP contribution in [0.5, 0.6) is 5.75 Å². The molecule has 3 aromatic heterocycles. The van der Waals surface area contributed by atoms with E-state index in [0.29, 0.717) is 28.6 Å². The smallest absolute Gasteiger partial charge is 0.190 e. The predicted octanol–water partition coefficient (Wildman–Crippen LogP) is 4.85. The second-order valence-electron chi connectivity index (χ2n) is 5.05. The van der Waals surface area contributed by atoms with Crippen molar-refractivity contribution in [1.29, 1.82) is 0 Å². The highest BCUT2D eigenvalue weighted by Gasteiger charge is 2.16. The molecule has 7 heteroatoms. The van der Waals surface area contributed by atoms with Crippen molar-refractivity contribution in [2.75, 3.05) is 0 Å². The van der Waals surface area contributed by atoms with Crippen molar-refractivity contribution < 1.29 is 13.9 Å². The lowest BCUT2D eigenvalue weighted by Gasteiger charge is -1.98. The van der Waals surface area contributed by atoms with Gasteiger partial charge in [0.2, 0.25) is 0 Å². The molecular formula is C17H11FN4O2. The Labute approximate surface area is 135 Å². The average Bonchev–Trinajstić information content (AvgIpc) is 3.21. The Morgan fingerprint density at radius 1 is 1.04 bits per heavy atom. The largest absolute Gasteiger partial charge is 0.508 e. The van der Waals surface area contributed by atoms with Gasteiger partial charge in [-0.05, 0) is 48.5 Å². The quantitative estimate of drug-likeness (QED) is 0.548. The molecule has 4 aromatic rings. The van der Waals surface area contributed by atoms with Crippen LogP contribution in [-0.4, -0.2) is 14.5 Å². The van der Waals surface area contributed by atoms with Crippen molar-refractivity contribution >= 4 is 17.2 Å². The summed E-state index contributed by atoms with van der Waals surface area (Å²) in [6, 6.07) is 12.6. The number of phenols is 1. The van der Waals surface area contributed by atoms with Crippen LogP contribution in [0.3, 0.4) is 0 Å². The molecule has 118 valence electrons. The third-order valence-corrected chi connectivity index (χ3v) is 3.42. The standard InChI is InChI=1S/C17H11FN4O2/c18-11-3-8-15-19-16(14-2-1-9-24-14)17(22(15)10-11)21-20-12-4-6-13(23)7-5-12/h1-10,23H. The molecule has 3 heterocycles. The van der Waals surface area contributed by atoms with Gasteiger partial charge in [0.25, 0.3) is 0 Å². The first-order chi connectivity index (χ1) is 11.7. The SMILES string of the molecule is Oc1ccc(N=Nc2c(-c3ccco3)nc3ccc(F)cn23)cc1. The third kappa shape index (κ3) is 2.52. The fraction of sp³-hybridized carbons (Fsp3) is 0. The maximum atomic E-state index is 13.6. The summed E-state index contributed by atoms with van der Waals surface area (Å²) in [6.07, 6.45) is 2.82. The van der Waals surface area contributed by atoms with Gasteiger partial charge in [0, 0.05) is 6.20 Å². The van der Waals surface area contributed by atoms with Gasteiger partial charge in [-0.3, -0.25) is 4.40 Å². The number of furan rings is 1. The van der Waals surface area contributed by atoms with E-state index in [-0.39, 0.29) is 5.75 Å². The minimum atomic E-state index is -0.410. The van der Waals surface area contributed by atoms with E-state index < -0.39 is 5.82 Å². The zero-order valence-corrected chi connectivity index (χ0v) is 12.3. The molecule has 1 N–H and O–H groups in total. The maximum absolute atomic E-state index is 13.6. The fourth-order valence-corrected chi connectivity index (χ4v) is 2.30. The van der Waals surface area contributed by atoms with Crippen LogP contribution in [0.1, 0.15) is 0 Å². The minimum Gasteiger partial charge on any atom is -0.508 e. The van der Waals surface area contributed by atoms with Gasteiger partial charge in [-0.2, -0.15) is 0 Å². The number of hydrogen-bond acceptors (Lipinski definition) is 5. The van der Waals surface area contributed by atoms with E-state index in [4.69, 9.17) is 4.42 Å². The van der Waals surface area contributed by atoms with E-state index in [9.17, 15) is 9.50 Å². The lowest BCUT2D eigenvalue weighted by molar-refractivity contribution is 0.475. The Bertz CT molecular complexity index is 1020. The average molecular weight is 322 g/mol. The van der Waals surface area contributed by atoms with Crippen LogP contribution in [0.2, 0.25) is 0 Å². The van der Waals surface area contributed by atoms with E-state index in [1.165, 1.54) is 35.1 Å². The number of fused-ring (bicyclic) bond motifs is 1. The summed E-state index contributed by atoms with van der Waals surface area (Å²) in [6.45, 7) is 0. The Balaban J connectivity index is 1.87. The molecule has 0 bridgehead atoms. The molecule has 0 aliphatic heterocycles. The number of phenolic OH excluding ortho intramolecular Hbond substituents is 1. The summed E-state index contributed by atoms with van der Waals surface area (Å²) >= 11 is 0. The first kappa shape index (κ1) is 14.1. The number of azo groups is 1. The van der Waals surface area contributed by atoms with Gasteiger partial charge in [-0.25, -0.2) is 9.37 Å². The number of aromatic hydroxyl groups is 1. The van der Waals surface area contributed by atoms with Crippen LogP contribution >= 0.6 is 0 Å². The van der Waals surface area contributed by atoms with Crippen molar-refractivity contribution in [3.63, 3.8) is 0 Å². The predicted molar refractivity (Wildman–Crippen MR) is 85.1 cm³/mol. The number of rotatable bonds is 3. The number of imidazole rings is 1. The van der Waals surface area contributed by atoms with E-state index in [1.807, 2.05) is 0 Å². The van der Waals surface area contributed by atoms with Crippen molar-refractivity contribution in [2.24, 2.45) is 10.2 Å². The van der Waals surface area contributed by atoms with E-state index >= 15 is 0 Å². The van der Waals surface area contributed by atoms with Crippen molar-refractivity contribution in [3.05, 3.63) is 66.8 Å². The Hall–Kier alpha value is -3.48. The molecular weight excluding hydrogens is 311 g/mol. The highest BCUT2D eigenvalue weighted by atomic mass is 19.1. The molecule has 0 saturated carbocycles. The molecule has 0 atom stereocenters. The zero-order chi connectivity index (χ0) is 16.5. The number of benzene rings is 1. The van der Waals surface area contributed by atoms with E-state index in [0.717, 1.165) is 0 Å². The van der Waals surface area contributed by atoms with E-state index in [2.05, 4.69) is 15.2 Å². The van der Waals surface area contributed by atoms with Gasteiger partial charge in [0.15, 0.2) is 17.3 Å².